The SMILES string of the molecule is CC(C)(C)c1ncc2nnccn12. The Balaban J connectivity index is 2.72. The first-order chi connectivity index (χ1) is 6.09. The molecule has 0 saturated carbocycles. The summed E-state index contributed by atoms with van der Waals surface area (Å²) in [6, 6.07) is 0. The van der Waals surface area contributed by atoms with E-state index in [9.17, 15) is 0 Å². The molecule has 4 heteroatoms. The molecule has 0 aliphatic carbocycles. The van der Waals surface area contributed by atoms with E-state index in [1.54, 1.807) is 12.4 Å². The summed E-state index contributed by atoms with van der Waals surface area (Å²) in [4.78, 5) is 4.33. The molecule has 0 bridgehead atoms. The molecule has 0 aliphatic rings. The van der Waals surface area contributed by atoms with Gasteiger partial charge in [0.05, 0.1) is 12.4 Å². The highest BCUT2D eigenvalue weighted by Crippen LogP contribution is 2.20. The first kappa shape index (κ1) is 8.16. The van der Waals surface area contributed by atoms with Crippen LogP contribution in [0.2, 0.25) is 0 Å². The lowest BCUT2D eigenvalue weighted by atomic mass is 9.96. The second kappa shape index (κ2) is 2.52. The van der Waals surface area contributed by atoms with Crippen LogP contribution in [0.3, 0.4) is 0 Å². The van der Waals surface area contributed by atoms with Gasteiger partial charge in [0.15, 0.2) is 5.65 Å². The van der Waals surface area contributed by atoms with Crippen LogP contribution >= 0.6 is 0 Å². The smallest absolute Gasteiger partial charge is 0.179 e. The molecule has 0 unspecified atom stereocenters. The maximum atomic E-state index is 4.33. The van der Waals surface area contributed by atoms with E-state index < -0.39 is 0 Å². The molecule has 0 N–H and O–H groups in total. The highest BCUT2D eigenvalue weighted by molar-refractivity contribution is 5.36. The Hall–Kier alpha value is -1.45. The van der Waals surface area contributed by atoms with Crippen LogP contribution in [0.5, 0.6) is 0 Å². The quantitative estimate of drug-likeness (QED) is 0.609. The van der Waals surface area contributed by atoms with Crippen molar-refractivity contribution in [3.63, 3.8) is 0 Å². The van der Waals surface area contributed by atoms with Gasteiger partial charge in [-0.3, -0.25) is 4.40 Å². The van der Waals surface area contributed by atoms with Gasteiger partial charge in [0, 0.05) is 11.6 Å². The van der Waals surface area contributed by atoms with Gasteiger partial charge in [0.2, 0.25) is 0 Å². The van der Waals surface area contributed by atoms with Gasteiger partial charge in [0.25, 0.3) is 0 Å². The highest BCUT2D eigenvalue weighted by atomic mass is 15.2. The van der Waals surface area contributed by atoms with Gasteiger partial charge < -0.3 is 0 Å². The molecule has 0 aliphatic heterocycles. The predicted octanol–water partition coefficient (Wildman–Crippen LogP) is 1.42. The first-order valence-electron chi connectivity index (χ1n) is 4.24. The van der Waals surface area contributed by atoms with Crippen LogP contribution in [0.15, 0.2) is 18.6 Å². The van der Waals surface area contributed by atoms with Crippen molar-refractivity contribution in [2.75, 3.05) is 0 Å². The Morgan fingerprint density at radius 1 is 1.31 bits per heavy atom. The molecule has 2 rings (SSSR count). The zero-order valence-corrected chi connectivity index (χ0v) is 8.02. The number of hydrogen-bond donors (Lipinski definition) is 0. The minimum absolute atomic E-state index is 0.0372. The number of hydrogen-bond acceptors (Lipinski definition) is 3. The first-order valence-corrected chi connectivity index (χ1v) is 4.24. The molecule has 0 saturated heterocycles. The third kappa shape index (κ3) is 1.28. The van der Waals surface area contributed by atoms with Crippen molar-refractivity contribution in [1.29, 1.82) is 0 Å². The summed E-state index contributed by atoms with van der Waals surface area (Å²) < 4.78 is 1.97. The molecule has 0 fully saturated rings. The molecule has 68 valence electrons. The third-order valence-electron chi connectivity index (χ3n) is 1.89. The van der Waals surface area contributed by atoms with E-state index in [1.165, 1.54) is 0 Å². The summed E-state index contributed by atoms with van der Waals surface area (Å²) in [6.45, 7) is 6.38. The predicted molar refractivity (Wildman–Crippen MR) is 49.5 cm³/mol. The number of fused-ring (bicyclic) bond motifs is 1. The van der Waals surface area contributed by atoms with Crippen molar-refractivity contribution in [3.8, 4) is 0 Å². The van der Waals surface area contributed by atoms with Crippen molar-refractivity contribution in [2.24, 2.45) is 0 Å². The molecule has 4 nitrogen and oxygen atoms in total. The van der Waals surface area contributed by atoms with E-state index in [0.29, 0.717) is 0 Å². The van der Waals surface area contributed by atoms with Crippen LogP contribution in [0.4, 0.5) is 0 Å². The van der Waals surface area contributed by atoms with Crippen LogP contribution in [0.25, 0.3) is 5.65 Å². The van der Waals surface area contributed by atoms with Crippen molar-refractivity contribution in [2.45, 2.75) is 26.2 Å². The summed E-state index contributed by atoms with van der Waals surface area (Å²) >= 11 is 0. The Bertz CT molecular complexity index is 424. The topological polar surface area (TPSA) is 43.1 Å². The monoisotopic (exact) mass is 176 g/mol. The van der Waals surface area contributed by atoms with Crippen LogP contribution in [0, 0.1) is 0 Å². The van der Waals surface area contributed by atoms with E-state index in [0.717, 1.165) is 11.5 Å². The lowest BCUT2D eigenvalue weighted by molar-refractivity contribution is 0.542. The van der Waals surface area contributed by atoms with Gasteiger partial charge in [-0.15, -0.1) is 5.10 Å². The molecule has 2 aromatic heterocycles. The van der Waals surface area contributed by atoms with E-state index in [-0.39, 0.29) is 5.41 Å². The van der Waals surface area contributed by atoms with Gasteiger partial charge in [-0.05, 0) is 0 Å². The maximum absolute atomic E-state index is 4.33. The molecular formula is C9H12N4. The molecular weight excluding hydrogens is 164 g/mol. The number of aromatic nitrogens is 4. The van der Waals surface area contributed by atoms with E-state index in [2.05, 4.69) is 36.0 Å². The van der Waals surface area contributed by atoms with Gasteiger partial charge in [0.1, 0.15) is 5.82 Å². The van der Waals surface area contributed by atoms with Crippen LogP contribution in [-0.2, 0) is 5.41 Å². The standard InChI is InChI=1S/C9H12N4/c1-9(2,3)8-10-6-7-12-11-4-5-13(7)8/h4-6H,1-3H3. The number of imidazole rings is 1. The van der Waals surface area contributed by atoms with E-state index in [4.69, 9.17) is 0 Å². The molecule has 0 aromatic carbocycles. The number of rotatable bonds is 0. The second-order valence-corrected chi connectivity index (χ2v) is 4.07. The lowest BCUT2D eigenvalue weighted by Gasteiger charge is -2.15. The Labute approximate surface area is 76.6 Å². The molecule has 0 atom stereocenters. The van der Waals surface area contributed by atoms with E-state index in [1.807, 2.05) is 10.6 Å². The van der Waals surface area contributed by atoms with Gasteiger partial charge in [-0.25, -0.2) is 4.98 Å². The van der Waals surface area contributed by atoms with E-state index >= 15 is 0 Å². The van der Waals surface area contributed by atoms with Crippen molar-refractivity contribution in [1.82, 2.24) is 19.6 Å². The summed E-state index contributed by atoms with van der Waals surface area (Å²) in [5, 5.41) is 7.76. The summed E-state index contributed by atoms with van der Waals surface area (Å²) in [5.74, 6) is 1.01. The van der Waals surface area contributed by atoms with Gasteiger partial charge in [-0.1, -0.05) is 20.8 Å². The van der Waals surface area contributed by atoms with Crippen LogP contribution < -0.4 is 0 Å². The van der Waals surface area contributed by atoms with Crippen LogP contribution in [0.1, 0.15) is 26.6 Å². The summed E-state index contributed by atoms with van der Waals surface area (Å²) in [5.41, 5.74) is 0.836. The highest BCUT2D eigenvalue weighted by Gasteiger charge is 2.19. The van der Waals surface area contributed by atoms with Crippen molar-refractivity contribution in [3.05, 3.63) is 24.4 Å². The fourth-order valence-corrected chi connectivity index (χ4v) is 1.32. The normalized spacial score (nSPS) is 12.2. The Morgan fingerprint density at radius 2 is 2.08 bits per heavy atom. The average Bonchev–Trinajstić information content (AvgIpc) is 2.45. The minimum atomic E-state index is 0.0372. The van der Waals surface area contributed by atoms with Crippen molar-refractivity contribution < 1.29 is 0 Å². The number of nitrogens with zero attached hydrogens (tertiary/aromatic N) is 4. The molecule has 13 heavy (non-hydrogen) atoms. The van der Waals surface area contributed by atoms with Gasteiger partial charge >= 0.3 is 0 Å². The largest absolute Gasteiger partial charge is 0.285 e. The molecule has 2 aromatic rings. The molecule has 0 amide bonds. The zero-order chi connectivity index (χ0) is 9.47. The van der Waals surface area contributed by atoms with Crippen molar-refractivity contribution >= 4 is 5.65 Å². The summed E-state index contributed by atoms with van der Waals surface area (Å²) in [7, 11) is 0. The lowest BCUT2D eigenvalue weighted by Crippen LogP contribution is -2.15. The zero-order valence-electron chi connectivity index (χ0n) is 8.02. The minimum Gasteiger partial charge on any atom is -0.285 e. The Kier molecular flexibility index (Phi) is 1.58. The third-order valence-corrected chi connectivity index (χ3v) is 1.89. The summed E-state index contributed by atoms with van der Waals surface area (Å²) in [6.07, 6.45) is 5.30. The van der Waals surface area contributed by atoms with Gasteiger partial charge in [-0.2, -0.15) is 5.10 Å². The average molecular weight is 176 g/mol. The molecule has 0 radical (unpaired) electrons. The molecule has 0 spiro atoms. The maximum Gasteiger partial charge on any atom is 0.179 e. The van der Waals surface area contributed by atoms with Crippen LogP contribution in [-0.4, -0.2) is 19.6 Å². The molecule has 2 heterocycles. The fraction of sp³-hybridized carbons (Fsp3) is 0.444. The second-order valence-electron chi connectivity index (χ2n) is 4.07. The Morgan fingerprint density at radius 3 is 2.77 bits per heavy atom. The fourth-order valence-electron chi connectivity index (χ4n) is 1.32.